The third kappa shape index (κ3) is 3.85. The minimum atomic E-state index is 0.714. The number of hydrogen-bond acceptors (Lipinski definition) is 6. The van der Waals surface area contributed by atoms with Gasteiger partial charge in [-0.05, 0) is 42.5 Å². The zero-order chi connectivity index (χ0) is 32.1. The van der Waals surface area contributed by atoms with Gasteiger partial charge in [0.15, 0.2) is 5.82 Å². The largest absolute Gasteiger partial charge is 0.309 e. The lowest BCUT2D eigenvalue weighted by Gasteiger charge is -2.12. The van der Waals surface area contributed by atoms with Crippen LogP contribution in [0, 0.1) is 0 Å². The number of aromatic nitrogens is 5. The minimum absolute atomic E-state index is 0.714. The van der Waals surface area contributed by atoms with Gasteiger partial charge >= 0.3 is 0 Å². The van der Waals surface area contributed by atoms with E-state index in [1.54, 1.807) is 17.7 Å². The summed E-state index contributed by atoms with van der Waals surface area (Å²) in [7, 11) is 0. The van der Waals surface area contributed by atoms with E-state index in [-0.39, 0.29) is 0 Å². The number of thiophene rings is 2. The van der Waals surface area contributed by atoms with Gasteiger partial charge in [-0.25, -0.2) is 19.9 Å². The molecule has 11 rings (SSSR count). The van der Waals surface area contributed by atoms with Gasteiger partial charge < -0.3 is 4.57 Å². The quantitative estimate of drug-likeness (QED) is 0.189. The molecule has 0 aliphatic heterocycles. The predicted octanol–water partition coefficient (Wildman–Crippen LogP) is 11.6. The maximum Gasteiger partial charge on any atom is 0.160 e. The monoisotopic (exact) mass is 661 g/mol. The Bertz CT molecular complexity index is 3070. The maximum absolute atomic E-state index is 5.13. The van der Waals surface area contributed by atoms with Crippen molar-refractivity contribution in [1.29, 1.82) is 0 Å². The molecule has 49 heavy (non-hydrogen) atoms. The number of nitrogens with zero attached hydrogens (tertiary/aromatic N) is 5. The average Bonchev–Trinajstić information content (AvgIpc) is 3.84. The molecule has 7 heteroatoms. The zero-order valence-corrected chi connectivity index (χ0v) is 27.5. The molecule has 0 spiro atoms. The highest BCUT2D eigenvalue weighted by atomic mass is 32.1. The van der Waals surface area contributed by atoms with Crippen LogP contribution in [0.15, 0.2) is 140 Å². The number of hydrogen-bond donors (Lipinski definition) is 0. The van der Waals surface area contributed by atoms with Gasteiger partial charge in [-0.3, -0.25) is 0 Å². The molecular formula is C42H23N5S2. The van der Waals surface area contributed by atoms with Gasteiger partial charge in [0.25, 0.3) is 0 Å². The SMILES string of the molecule is c1ccc(-c2nc(-c3ccc(-n4c5ccccc5c5c6sc7cncnc7c6c6sc7ccccc7c6c54)cc3)nc3ccccc23)cc1. The van der Waals surface area contributed by atoms with Gasteiger partial charge in [-0.1, -0.05) is 84.9 Å². The maximum atomic E-state index is 5.13. The van der Waals surface area contributed by atoms with E-state index in [2.05, 4.69) is 119 Å². The molecular weight excluding hydrogens is 639 g/mol. The molecule has 5 nitrogen and oxygen atoms in total. The summed E-state index contributed by atoms with van der Waals surface area (Å²) >= 11 is 3.65. The standard InChI is InChI=1S/C42H23N5S2/c1-2-10-24(11-3-1)37-27-12-4-7-15-30(27)45-42(46-37)25-18-20-26(21-19-25)47-31-16-8-5-13-28(31)34-39(47)35-29-14-6-9-17-32(29)48-41(35)36-38-33(49-40(34)36)22-43-23-44-38/h1-23H. The van der Waals surface area contributed by atoms with Crippen molar-refractivity contribution < 1.29 is 0 Å². The number of benzene rings is 6. The highest BCUT2D eigenvalue weighted by Crippen LogP contribution is 2.51. The Morgan fingerprint density at radius 2 is 1.22 bits per heavy atom. The second-order valence-electron chi connectivity index (χ2n) is 12.2. The van der Waals surface area contributed by atoms with Gasteiger partial charge in [-0.15, -0.1) is 22.7 Å². The van der Waals surface area contributed by atoms with E-state index in [9.17, 15) is 0 Å². The second-order valence-corrected chi connectivity index (χ2v) is 14.4. The van der Waals surface area contributed by atoms with Gasteiger partial charge in [0, 0.05) is 69.4 Å². The first kappa shape index (κ1) is 27.0. The van der Waals surface area contributed by atoms with E-state index < -0.39 is 0 Å². The fourth-order valence-electron chi connectivity index (χ4n) is 7.45. The molecule has 0 fully saturated rings. The lowest BCUT2D eigenvalue weighted by Crippen LogP contribution is -1.97. The van der Waals surface area contributed by atoms with Crippen molar-refractivity contribution in [3.8, 4) is 28.3 Å². The van der Waals surface area contributed by atoms with Crippen molar-refractivity contribution in [3.63, 3.8) is 0 Å². The summed E-state index contributed by atoms with van der Waals surface area (Å²) in [6.45, 7) is 0. The van der Waals surface area contributed by atoms with Crippen LogP contribution in [0.3, 0.4) is 0 Å². The van der Waals surface area contributed by atoms with Crippen LogP contribution in [-0.2, 0) is 0 Å². The van der Waals surface area contributed by atoms with Crippen LogP contribution >= 0.6 is 22.7 Å². The van der Waals surface area contributed by atoms with E-state index in [0.29, 0.717) is 5.82 Å². The van der Waals surface area contributed by atoms with E-state index in [1.165, 1.54) is 52.1 Å². The Hall–Kier alpha value is -6.02. The summed E-state index contributed by atoms with van der Waals surface area (Å²) < 4.78 is 7.36. The van der Waals surface area contributed by atoms with Crippen LogP contribution in [0.2, 0.25) is 0 Å². The normalized spacial score (nSPS) is 12.1. The Labute approximate surface area is 287 Å². The Morgan fingerprint density at radius 3 is 2.08 bits per heavy atom. The van der Waals surface area contributed by atoms with Gasteiger partial charge in [-0.2, -0.15) is 0 Å². The number of fused-ring (bicyclic) bond motifs is 13. The molecule has 5 heterocycles. The number of rotatable bonds is 3. The Balaban J connectivity index is 1.20. The highest BCUT2D eigenvalue weighted by Gasteiger charge is 2.25. The fourth-order valence-corrected chi connectivity index (χ4v) is 9.96. The van der Waals surface area contributed by atoms with Crippen LogP contribution < -0.4 is 0 Å². The molecule has 5 aromatic heterocycles. The smallest absolute Gasteiger partial charge is 0.160 e. The predicted molar refractivity (Wildman–Crippen MR) is 206 cm³/mol. The molecule has 0 saturated heterocycles. The van der Waals surface area contributed by atoms with Crippen molar-refractivity contribution >= 4 is 95.9 Å². The van der Waals surface area contributed by atoms with Gasteiger partial charge in [0.05, 0.1) is 32.5 Å². The van der Waals surface area contributed by atoms with Crippen molar-refractivity contribution in [2.45, 2.75) is 0 Å². The van der Waals surface area contributed by atoms with Crippen molar-refractivity contribution in [3.05, 3.63) is 140 Å². The highest BCUT2D eigenvalue weighted by molar-refractivity contribution is 7.30. The summed E-state index contributed by atoms with van der Waals surface area (Å²) in [5, 5.41) is 7.30. The van der Waals surface area contributed by atoms with E-state index in [0.717, 1.165) is 43.6 Å². The summed E-state index contributed by atoms with van der Waals surface area (Å²) in [6.07, 6.45) is 3.62. The van der Waals surface area contributed by atoms with E-state index in [1.807, 2.05) is 35.7 Å². The van der Waals surface area contributed by atoms with Crippen LogP contribution in [-0.4, -0.2) is 24.5 Å². The molecule has 11 aromatic rings. The second kappa shape index (κ2) is 10.2. The van der Waals surface area contributed by atoms with Crippen LogP contribution in [0.25, 0.3) is 102 Å². The van der Waals surface area contributed by atoms with Crippen LogP contribution in [0.1, 0.15) is 0 Å². The summed E-state index contributed by atoms with van der Waals surface area (Å²) in [4.78, 5) is 19.3. The molecule has 0 saturated carbocycles. The third-order valence-corrected chi connectivity index (χ3v) is 11.9. The molecule has 6 aromatic carbocycles. The summed E-state index contributed by atoms with van der Waals surface area (Å²) in [5.41, 5.74) is 8.44. The Morgan fingerprint density at radius 1 is 0.531 bits per heavy atom. The molecule has 0 aliphatic rings. The van der Waals surface area contributed by atoms with E-state index >= 15 is 0 Å². The molecule has 0 radical (unpaired) electrons. The summed E-state index contributed by atoms with van der Waals surface area (Å²) in [6, 6.07) is 44.9. The lowest BCUT2D eigenvalue weighted by atomic mass is 10.0. The molecule has 0 N–H and O–H groups in total. The molecule has 0 unspecified atom stereocenters. The van der Waals surface area contributed by atoms with Gasteiger partial charge in [0.2, 0.25) is 0 Å². The average molecular weight is 662 g/mol. The molecule has 0 bridgehead atoms. The Kier molecular flexibility index (Phi) is 5.64. The first-order valence-electron chi connectivity index (χ1n) is 16.1. The van der Waals surface area contributed by atoms with Crippen molar-refractivity contribution in [1.82, 2.24) is 24.5 Å². The first-order chi connectivity index (χ1) is 24.3. The minimum Gasteiger partial charge on any atom is -0.309 e. The zero-order valence-electron chi connectivity index (χ0n) is 25.8. The fraction of sp³-hybridized carbons (Fsp3) is 0. The van der Waals surface area contributed by atoms with Crippen LogP contribution in [0.5, 0.6) is 0 Å². The molecule has 0 amide bonds. The van der Waals surface area contributed by atoms with Gasteiger partial charge in [0.1, 0.15) is 6.33 Å². The molecule has 0 atom stereocenters. The first-order valence-corrected chi connectivity index (χ1v) is 17.8. The summed E-state index contributed by atoms with van der Waals surface area (Å²) in [5.74, 6) is 0.714. The molecule has 0 aliphatic carbocycles. The van der Waals surface area contributed by atoms with Crippen molar-refractivity contribution in [2.75, 3.05) is 0 Å². The van der Waals surface area contributed by atoms with Crippen molar-refractivity contribution in [2.24, 2.45) is 0 Å². The third-order valence-electron chi connectivity index (χ3n) is 9.55. The number of para-hydroxylation sites is 2. The lowest BCUT2D eigenvalue weighted by molar-refractivity contribution is 1.18. The topological polar surface area (TPSA) is 56.5 Å². The van der Waals surface area contributed by atoms with E-state index in [4.69, 9.17) is 15.0 Å². The van der Waals surface area contributed by atoms with Crippen LogP contribution in [0.4, 0.5) is 0 Å². The molecule has 228 valence electrons.